The largest absolute Gasteiger partial charge is 0.398 e. The lowest BCUT2D eigenvalue weighted by atomic mass is 10.1. The predicted octanol–water partition coefficient (Wildman–Crippen LogP) is 1.97. The Morgan fingerprint density at radius 3 is 2.50 bits per heavy atom. The minimum absolute atomic E-state index is 0.388. The molecule has 0 bridgehead atoms. The second kappa shape index (κ2) is 3.41. The van der Waals surface area contributed by atoms with E-state index in [2.05, 4.69) is 15.9 Å². The van der Waals surface area contributed by atoms with Gasteiger partial charge in [0.05, 0.1) is 0 Å². The fraction of sp³-hybridized carbons (Fsp3) is 0.125. The van der Waals surface area contributed by atoms with Crippen molar-refractivity contribution in [1.29, 1.82) is 0 Å². The molecule has 0 aliphatic rings. The molecule has 0 amide bonds. The van der Waals surface area contributed by atoms with Crippen molar-refractivity contribution in [1.82, 2.24) is 0 Å². The van der Waals surface area contributed by atoms with Gasteiger partial charge in [-0.2, -0.15) is 0 Å². The number of nitrogens with two attached hydrogens (primary N) is 2. The van der Waals surface area contributed by atoms with Crippen LogP contribution in [0, 0.1) is 6.92 Å². The lowest BCUT2D eigenvalue weighted by molar-refractivity contribution is 1.43. The van der Waals surface area contributed by atoms with Gasteiger partial charge in [-0.25, -0.2) is 0 Å². The van der Waals surface area contributed by atoms with Gasteiger partial charge in [0.15, 0.2) is 0 Å². The molecule has 12 heavy (non-hydrogen) atoms. The SMILES string of the molecule is Cc1cc(C(N)=S)cc(Br)c1N. The van der Waals surface area contributed by atoms with Gasteiger partial charge in [-0.05, 0) is 40.5 Å². The number of anilines is 1. The minimum atomic E-state index is 0.388. The lowest BCUT2D eigenvalue weighted by Crippen LogP contribution is -2.10. The quantitative estimate of drug-likeness (QED) is 0.587. The number of hydrogen-bond acceptors (Lipinski definition) is 2. The van der Waals surface area contributed by atoms with Crippen LogP contribution in [0.5, 0.6) is 0 Å². The van der Waals surface area contributed by atoms with E-state index in [-0.39, 0.29) is 0 Å². The highest BCUT2D eigenvalue weighted by Gasteiger charge is 2.03. The van der Waals surface area contributed by atoms with Crippen LogP contribution < -0.4 is 11.5 Å². The van der Waals surface area contributed by atoms with Crippen molar-refractivity contribution in [2.24, 2.45) is 5.73 Å². The van der Waals surface area contributed by atoms with Crippen molar-refractivity contribution in [2.45, 2.75) is 6.92 Å². The van der Waals surface area contributed by atoms with Crippen LogP contribution >= 0.6 is 28.1 Å². The van der Waals surface area contributed by atoms with Gasteiger partial charge in [-0.3, -0.25) is 0 Å². The summed E-state index contributed by atoms with van der Waals surface area (Å²) < 4.78 is 0.838. The van der Waals surface area contributed by atoms with E-state index in [1.54, 1.807) is 0 Å². The summed E-state index contributed by atoms with van der Waals surface area (Å²) in [4.78, 5) is 0.388. The Hall–Kier alpha value is -0.610. The molecule has 1 rings (SSSR count). The third-order valence-corrected chi connectivity index (χ3v) is 2.51. The number of halogens is 1. The molecule has 4 heteroatoms. The molecule has 1 aromatic carbocycles. The molecule has 0 atom stereocenters. The number of hydrogen-bond donors (Lipinski definition) is 2. The van der Waals surface area contributed by atoms with Gasteiger partial charge in [0.2, 0.25) is 0 Å². The van der Waals surface area contributed by atoms with Crippen molar-refractivity contribution < 1.29 is 0 Å². The molecular weight excluding hydrogens is 236 g/mol. The molecule has 0 aromatic heterocycles. The third-order valence-electron chi connectivity index (χ3n) is 1.62. The average Bonchev–Trinajstić information content (AvgIpc) is 1.99. The van der Waals surface area contributed by atoms with Gasteiger partial charge in [0, 0.05) is 15.7 Å². The summed E-state index contributed by atoms with van der Waals surface area (Å²) in [7, 11) is 0. The molecule has 0 saturated heterocycles. The van der Waals surface area contributed by atoms with Gasteiger partial charge in [-0.15, -0.1) is 0 Å². The zero-order valence-corrected chi connectivity index (χ0v) is 9.00. The van der Waals surface area contributed by atoms with Crippen LogP contribution in [-0.4, -0.2) is 4.99 Å². The second-order valence-corrected chi connectivity index (χ2v) is 3.85. The third kappa shape index (κ3) is 1.76. The molecule has 2 nitrogen and oxygen atoms in total. The average molecular weight is 245 g/mol. The first-order valence-electron chi connectivity index (χ1n) is 3.38. The Morgan fingerprint density at radius 2 is 2.08 bits per heavy atom. The summed E-state index contributed by atoms with van der Waals surface area (Å²) in [6.07, 6.45) is 0. The van der Waals surface area contributed by atoms with Crippen LogP contribution in [0.4, 0.5) is 5.69 Å². The van der Waals surface area contributed by atoms with Crippen LogP contribution in [0.25, 0.3) is 0 Å². The Morgan fingerprint density at radius 1 is 1.50 bits per heavy atom. The van der Waals surface area contributed by atoms with Crippen molar-refractivity contribution in [3.63, 3.8) is 0 Å². The zero-order chi connectivity index (χ0) is 9.30. The summed E-state index contributed by atoms with van der Waals surface area (Å²) in [6.45, 7) is 1.92. The van der Waals surface area contributed by atoms with Crippen molar-refractivity contribution >= 4 is 38.8 Å². The molecule has 4 N–H and O–H groups in total. The topological polar surface area (TPSA) is 52.0 Å². The van der Waals surface area contributed by atoms with E-state index in [0.29, 0.717) is 4.99 Å². The summed E-state index contributed by atoms with van der Waals surface area (Å²) in [6, 6.07) is 3.70. The highest BCUT2D eigenvalue weighted by atomic mass is 79.9. The smallest absolute Gasteiger partial charge is 0.104 e. The minimum Gasteiger partial charge on any atom is -0.398 e. The first-order chi connectivity index (χ1) is 5.52. The second-order valence-electron chi connectivity index (χ2n) is 2.55. The lowest BCUT2D eigenvalue weighted by Gasteiger charge is -2.05. The van der Waals surface area contributed by atoms with Gasteiger partial charge >= 0.3 is 0 Å². The van der Waals surface area contributed by atoms with Crippen molar-refractivity contribution in [2.75, 3.05) is 5.73 Å². The molecule has 64 valence electrons. The summed E-state index contributed by atoms with van der Waals surface area (Å²) in [5.41, 5.74) is 13.7. The van der Waals surface area contributed by atoms with E-state index >= 15 is 0 Å². The maximum Gasteiger partial charge on any atom is 0.104 e. The number of rotatable bonds is 1. The summed E-state index contributed by atoms with van der Waals surface area (Å²) in [5, 5.41) is 0. The molecule has 0 fully saturated rings. The Labute approximate surface area is 85.1 Å². The molecule has 0 unspecified atom stereocenters. The van der Waals surface area contributed by atoms with Gasteiger partial charge in [0.25, 0.3) is 0 Å². The highest BCUT2D eigenvalue weighted by Crippen LogP contribution is 2.24. The van der Waals surface area contributed by atoms with Crippen LogP contribution in [0.15, 0.2) is 16.6 Å². The van der Waals surface area contributed by atoms with Crippen LogP contribution in [0.2, 0.25) is 0 Å². The predicted molar refractivity (Wildman–Crippen MR) is 59.2 cm³/mol. The molecule has 0 aliphatic carbocycles. The monoisotopic (exact) mass is 244 g/mol. The highest BCUT2D eigenvalue weighted by molar-refractivity contribution is 9.10. The first-order valence-corrected chi connectivity index (χ1v) is 4.58. The number of aryl methyl sites for hydroxylation is 1. The van der Waals surface area contributed by atoms with Crippen molar-refractivity contribution in [3.05, 3.63) is 27.7 Å². The molecular formula is C8H9BrN2S. The van der Waals surface area contributed by atoms with Crippen LogP contribution in [0.3, 0.4) is 0 Å². The molecule has 0 spiro atoms. The number of thiocarbonyl (C=S) groups is 1. The summed E-state index contributed by atoms with van der Waals surface area (Å²) >= 11 is 8.17. The normalized spacial score (nSPS) is 9.83. The van der Waals surface area contributed by atoms with Gasteiger partial charge < -0.3 is 11.5 Å². The maximum atomic E-state index is 5.72. The van der Waals surface area contributed by atoms with Gasteiger partial charge in [0.1, 0.15) is 4.99 Å². The molecule has 1 aromatic rings. The van der Waals surface area contributed by atoms with Crippen LogP contribution in [-0.2, 0) is 0 Å². The van der Waals surface area contributed by atoms with Crippen molar-refractivity contribution in [3.8, 4) is 0 Å². The van der Waals surface area contributed by atoms with E-state index in [1.807, 2.05) is 19.1 Å². The van der Waals surface area contributed by atoms with E-state index in [0.717, 1.165) is 21.3 Å². The van der Waals surface area contributed by atoms with E-state index < -0.39 is 0 Å². The summed E-state index contributed by atoms with van der Waals surface area (Å²) in [5.74, 6) is 0. The Bertz CT molecular complexity index is 313. The molecule has 0 saturated carbocycles. The van der Waals surface area contributed by atoms with E-state index in [4.69, 9.17) is 23.7 Å². The van der Waals surface area contributed by atoms with E-state index in [9.17, 15) is 0 Å². The number of nitrogen functional groups attached to an aromatic ring is 1. The Kier molecular flexibility index (Phi) is 2.69. The van der Waals surface area contributed by atoms with Gasteiger partial charge in [-0.1, -0.05) is 12.2 Å². The van der Waals surface area contributed by atoms with E-state index in [1.165, 1.54) is 0 Å². The first kappa shape index (κ1) is 9.48. The number of benzene rings is 1. The molecule has 0 heterocycles. The molecule has 0 radical (unpaired) electrons. The fourth-order valence-corrected chi connectivity index (χ4v) is 1.57. The molecule has 0 aliphatic heterocycles. The standard InChI is InChI=1S/C8H9BrN2S/c1-4-2-5(8(11)12)3-6(9)7(4)10/h2-3H,10H2,1H3,(H2,11,12). The van der Waals surface area contributed by atoms with Crippen LogP contribution in [0.1, 0.15) is 11.1 Å². The Balaban J connectivity index is 3.31. The zero-order valence-electron chi connectivity index (χ0n) is 6.60. The maximum absolute atomic E-state index is 5.72. The fourth-order valence-electron chi connectivity index (χ4n) is 0.898.